The smallest absolute Gasteiger partial charge is 0.276 e. The molecule has 0 bridgehead atoms. The fraction of sp³-hybridized carbons (Fsp3) is 0.375. The minimum atomic E-state index is -0.499. The highest BCUT2D eigenvalue weighted by molar-refractivity contribution is 9.10. The van der Waals surface area contributed by atoms with Gasteiger partial charge in [0.25, 0.3) is 5.91 Å². The largest absolute Gasteiger partial charge is 0.483 e. The number of aryl methyl sites for hydroxylation is 2. The molecule has 0 aliphatic rings. The number of halogens is 1. The van der Waals surface area contributed by atoms with Gasteiger partial charge in [-0.25, -0.2) is 0 Å². The van der Waals surface area contributed by atoms with Crippen LogP contribution in [0.15, 0.2) is 40.9 Å². The topological polar surface area (TPSA) is 96.5 Å². The molecule has 0 aliphatic heterocycles. The molecule has 0 unspecified atom stereocenters. The number of ether oxygens (including phenoxy) is 1. The predicted molar refractivity (Wildman–Crippen MR) is 128 cm³/mol. The van der Waals surface area contributed by atoms with Crippen LogP contribution < -0.4 is 20.9 Å². The lowest BCUT2D eigenvalue weighted by molar-refractivity contribution is -0.130. The molecule has 0 aliphatic carbocycles. The van der Waals surface area contributed by atoms with E-state index in [1.165, 1.54) is 0 Å². The van der Waals surface area contributed by atoms with Crippen molar-refractivity contribution in [1.29, 1.82) is 0 Å². The van der Waals surface area contributed by atoms with E-state index in [1.807, 2.05) is 44.2 Å². The Kier molecular flexibility index (Phi) is 8.83. The van der Waals surface area contributed by atoms with Crippen LogP contribution in [-0.2, 0) is 19.8 Å². The lowest BCUT2D eigenvalue weighted by Gasteiger charge is -2.23. The van der Waals surface area contributed by atoms with Crippen molar-refractivity contribution in [2.75, 3.05) is 11.9 Å². The Morgan fingerprint density at radius 1 is 0.875 bits per heavy atom. The molecular weight excluding hydrogens is 474 g/mol. The lowest BCUT2D eigenvalue weighted by Crippen LogP contribution is -2.44. The van der Waals surface area contributed by atoms with Crippen LogP contribution >= 0.6 is 15.9 Å². The number of anilines is 1. The molecule has 8 heteroatoms. The quantitative estimate of drug-likeness (QED) is 0.490. The number of benzene rings is 2. The Morgan fingerprint density at radius 2 is 1.53 bits per heavy atom. The van der Waals surface area contributed by atoms with Gasteiger partial charge in [0.15, 0.2) is 6.61 Å². The van der Waals surface area contributed by atoms with Gasteiger partial charge in [0, 0.05) is 28.6 Å². The molecule has 7 nitrogen and oxygen atoms in total. The van der Waals surface area contributed by atoms with Crippen molar-refractivity contribution in [3.63, 3.8) is 0 Å². The molecule has 0 heterocycles. The maximum absolute atomic E-state index is 12.0. The number of nitrogens with one attached hydrogen (secondary N) is 3. The third kappa shape index (κ3) is 8.00. The Morgan fingerprint density at radius 3 is 2.19 bits per heavy atom. The molecule has 3 N–H and O–H groups in total. The molecule has 0 saturated carbocycles. The molecule has 0 saturated heterocycles. The van der Waals surface area contributed by atoms with Gasteiger partial charge in [-0.2, -0.15) is 0 Å². The zero-order valence-electron chi connectivity index (χ0n) is 19.1. The Balaban J connectivity index is 1.74. The number of carbonyl (C=O) groups is 3. The fourth-order valence-corrected chi connectivity index (χ4v) is 3.23. The van der Waals surface area contributed by atoms with Crippen LogP contribution in [0.1, 0.15) is 50.3 Å². The maximum Gasteiger partial charge on any atom is 0.276 e. The monoisotopic (exact) mass is 503 g/mol. The molecule has 172 valence electrons. The first-order chi connectivity index (χ1) is 15.0. The Hall–Kier alpha value is -2.87. The van der Waals surface area contributed by atoms with Gasteiger partial charge < -0.3 is 10.1 Å². The first kappa shape index (κ1) is 25.4. The zero-order valence-corrected chi connectivity index (χ0v) is 20.7. The summed E-state index contributed by atoms with van der Waals surface area (Å²) in [7, 11) is 0. The van der Waals surface area contributed by atoms with Gasteiger partial charge in [0.05, 0.1) is 0 Å². The van der Waals surface area contributed by atoms with E-state index < -0.39 is 11.8 Å². The summed E-state index contributed by atoms with van der Waals surface area (Å²) in [4.78, 5) is 36.0. The van der Waals surface area contributed by atoms with Crippen LogP contribution in [0, 0.1) is 13.8 Å². The van der Waals surface area contributed by atoms with E-state index in [0.717, 1.165) is 21.2 Å². The van der Waals surface area contributed by atoms with Crippen molar-refractivity contribution in [2.24, 2.45) is 0 Å². The Labute approximate surface area is 197 Å². The van der Waals surface area contributed by atoms with Gasteiger partial charge in [0.2, 0.25) is 11.8 Å². The van der Waals surface area contributed by atoms with Crippen molar-refractivity contribution in [2.45, 2.75) is 52.9 Å². The van der Waals surface area contributed by atoms with Crippen molar-refractivity contribution in [3.8, 4) is 5.75 Å². The average molecular weight is 504 g/mol. The van der Waals surface area contributed by atoms with E-state index in [0.29, 0.717) is 11.4 Å². The van der Waals surface area contributed by atoms with Crippen molar-refractivity contribution in [1.82, 2.24) is 10.9 Å². The molecule has 0 atom stereocenters. The number of hydrogen-bond donors (Lipinski definition) is 3. The molecule has 2 aromatic carbocycles. The molecule has 2 rings (SSSR count). The van der Waals surface area contributed by atoms with Gasteiger partial charge in [-0.3, -0.25) is 25.2 Å². The van der Waals surface area contributed by atoms with Crippen molar-refractivity contribution in [3.05, 3.63) is 57.6 Å². The van der Waals surface area contributed by atoms with Crippen LogP contribution in [0.2, 0.25) is 0 Å². The van der Waals surface area contributed by atoms with Crippen LogP contribution in [0.25, 0.3) is 0 Å². The summed E-state index contributed by atoms with van der Waals surface area (Å²) in [5.41, 5.74) is 8.29. The SMILES string of the molecule is Cc1ccc(NC(=O)CCC(=O)NNC(=O)COc2ccc(Br)cc2C(C)(C)C)cc1C. The predicted octanol–water partition coefficient (Wildman–Crippen LogP) is 4.31. The molecule has 0 aromatic heterocycles. The zero-order chi connectivity index (χ0) is 23.9. The van der Waals surface area contributed by atoms with Crippen LogP contribution in [0.4, 0.5) is 5.69 Å². The van der Waals surface area contributed by atoms with E-state index >= 15 is 0 Å². The van der Waals surface area contributed by atoms with Gasteiger partial charge in [0.1, 0.15) is 5.75 Å². The first-order valence-electron chi connectivity index (χ1n) is 10.3. The summed E-state index contributed by atoms with van der Waals surface area (Å²) in [6.45, 7) is 9.87. The highest BCUT2D eigenvalue weighted by atomic mass is 79.9. The van der Waals surface area contributed by atoms with Crippen LogP contribution in [-0.4, -0.2) is 24.3 Å². The minimum Gasteiger partial charge on any atom is -0.483 e. The number of hydrogen-bond acceptors (Lipinski definition) is 4. The normalized spacial score (nSPS) is 10.9. The number of carbonyl (C=O) groups excluding carboxylic acids is 3. The summed E-state index contributed by atoms with van der Waals surface area (Å²) in [6, 6.07) is 11.2. The van der Waals surface area contributed by atoms with Gasteiger partial charge >= 0.3 is 0 Å². The molecule has 2 aromatic rings. The molecule has 0 spiro atoms. The minimum absolute atomic E-state index is 0.00103. The van der Waals surface area contributed by atoms with Gasteiger partial charge in [-0.05, 0) is 60.7 Å². The lowest BCUT2D eigenvalue weighted by atomic mass is 9.86. The first-order valence-corrected chi connectivity index (χ1v) is 11.1. The van der Waals surface area contributed by atoms with Crippen LogP contribution in [0.5, 0.6) is 5.75 Å². The molecule has 3 amide bonds. The van der Waals surface area contributed by atoms with E-state index in [2.05, 4.69) is 52.9 Å². The summed E-state index contributed by atoms with van der Waals surface area (Å²) in [5, 5.41) is 2.76. The third-order valence-electron chi connectivity index (χ3n) is 4.82. The maximum atomic E-state index is 12.0. The molecule has 0 radical (unpaired) electrons. The number of rotatable bonds is 7. The van der Waals surface area contributed by atoms with E-state index in [4.69, 9.17) is 4.74 Å². The standard InChI is InChI=1S/C24H30BrN3O4/c1-15-6-8-18(12-16(15)2)26-21(29)10-11-22(30)27-28-23(31)14-32-20-9-7-17(25)13-19(20)24(3,4)5/h6-9,12-13H,10-11,14H2,1-5H3,(H,26,29)(H,27,30)(H,28,31). The van der Waals surface area contributed by atoms with E-state index in [1.54, 1.807) is 6.07 Å². The molecule has 32 heavy (non-hydrogen) atoms. The second-order valence-electron chi connectivity index (χ2n) is 8.62. The van der Waals surface area contributed by atoms with Gasteiger partial charge in [-0.15, -0.1) is 0 Å². The second-order valence-corrected chi connectivity index (χ2v) is 9.54. The summed E-state index contributed by atoms with van der Waals surface area (Å²) in [6.07, 6.45) is -0.0579. The van der Waals surface area contributed by atoms with Gasteiger partial charge in [-0.1, -0.05) is 42.8 Å². The number of amides is 3. The summed E-state index contributed by atoms with van der Waals surface area (Å²) < 4.78 is 6.57. The fourth-order valence-electron chi connectivity index (χ4n) is 2.87. The van der Waals surface area contributed by atoms with Crippen molar-refractivity contribution >= 4 is 39.3 Å². The summed E-state index contributed by atoms with van der Waals surface area (Å²) in [5.74, 6) is -0.637. The summed E-state index contributed by atoms with van der Waals surface area (Å²) >= 11 is 3.45. The van der Waals surface area contributed by atoms with Crippen molar-refractivity contribution < 1.29 is 19.1 Å². The van der Waals surface area contributed by atoms with E-state index in [-0.39, 0.29) is 30.8 Å². The Bertz CT molecular complexity index is 999. The molecular formula is C24H30BrN3O4. The second kappa shape index (κ2) is 11.1. The molecule has 0 fully saturated rings. The third-order valence-corrected chi connectivity index (χ3v) is 5.31. The highest BCUT2D eigenvalue weighted by Crippen LogP contribution is 2.33. The number of hydrazine groups is 1. The van der Waals surface area contributed by atoms with Crippen LogP contribution in [0.3, 0.4) is 0 Å². The average Bonchev–Trinajstić information content (AvgIpc) is 2.71. The van der Waals surface area contributed by atoms with E-state index in [9.17, 15) is 14.4 Å². The highest BCUT2D eigenvalue weighted by Gasteiger charge is 2.20.